The number of para-hydroxylation sites is 1. The summed E-state index contributed by atoms with van der Waals surface area (Å²) in [5, 5.41) is 6.88. The molecule has 0 saturated heterocycles. The van der Waals surface area contributed by atoms with Crippen molar-refractivity contribution in [2.45, 2.75) is 6.61 Å². The molecule has 0 aliphatic heterocycles. The first-order valence-corrected chi connectivity index (χ1v) is 9.48. The molecule has 4 rings (SSSR count). The summed E-state index contributed by atoms with van der Waals surface area (Å²) in [4.78, 5) is 16.7. The molecule has 0 amide bonds. The van der Waals surface area contributed by atoms with Crippen molar-refractivity contribution in [3.05, 3.63) is 83.6 Å². The first kappa shape index (κ1) is 17.9. The van der Waals surface area contributed by atoms with Crippen LogP contribution in [0, 0.1) is 0 Å². The second kappa shape index (κ2) is 8.06. The summed E-state index contributed by atoms with van der Waals surface area (Å²) in [7, 11) is 1.62. The Morgan fingerprint density at radius 2 is 1.86 bits per heavy atom. The lowest BCUT2D eigenvalue weighted by molar-refractivity contribution is 0.0461. The lowest BCUT2D eigenvalue weighted by Gasteiger charge is -2.02. The Labute approximate surface area is 166 Å². The Balaban J connectivity index is 1.39. The fraction of sp³-hybridized carbons (Fsp3) is 0.0952. The third kappa shape index (κ3) is 3.94. The summed E-state index contributed by atoms with van der Waals surface area (Å²) in [6.45, 7) is 0.0913. The summed E-state index contributed by atoms with van der Waals surface area (Å²) in [6.07, 6.45) is 1.84. The predicted molar refractivity (Wildman–Crippen MR) is 107 cm³/mol. The van der Waals surface area contributed by atoms with Crippen molar-refractivity contribution in [2.24, 2.45) is 0 Å². The van der Waals surface area contributed by atoms with Crippen molar-refractivity contribution < 1.29 is 14.3 Å². The van der Waals surface area contributed by atoms with Crippen LogP contribution in [-0.4, -0.2) is 27.8 Å². The van der Waals surface area contributed by atoms with Gasteiger partial charge in [0.25, 0.3) is 0 Å². The standard InChI is InChI=1S/C21H17N3O3S/c1-26-18-9-7-15(8-10-18)20-22-19(14-28-20)21(25)27-13-16-11-12-24(23-16)17-5-3-2-4-6-17/h2-12,14H,13H2,1H3. The fourth-order valence-electron chi connectivity index (χ4n) is 2.61. The molecule has 0 unspecified atom stereocenters. The molecule has 0 N–H and O–H groups in total. The van der Waals surface area contributed by atoms with E-state index in [4.69, 9.17) is 9.47 Å². The molecule has 0 atom stereocenters. The molecule has 0 saturated carbocycles. The number of thiazole rings is 1. The normalized spacial score (nSPS) is 10.6. The van der Waals surface area contributed by atoms with Crippen molar-refractivity contribution in [3.8, 4) is 22.0 Å². The molecule has 6 nitrogen and oxygen atoms in total. The fourth-order valence-corrected chi connectivity index (χ4v) is 3.41. The molecular formula is C21H17N3O3S. The van der Waals surface area contributed by atoms with Crippen molar-refractivity contribution in [1.82, 2.24) is 14.8 Å². The number of rotatable bonds is 6. The molecule has 0 spiro atoms. The minimum absolute atomic E-state index is 0.0913. The van der Waals surface area contributed by atoms with E-state index in [9.17, 15) is 4.79 Å². The molecule has 0 aliphatic rings. The highest BCUT2D eigenvalue weighted by Gasteiger charge is 2.14. The van der Waals surface area contributed by atoms with Crippen molar-refractivity contribution in [1.29, 1.82) is 0 Å². The van der Waals surface area contributed by atoms with Crippen LogP contribution in [0.15, 0.2) is 72.2 Å². The number of carbonyl (C=O) groups excluding carboxylic acids is 1. The van der Waals surface area contributed by atoms with Crippen molar-refractivity contribution in [3.63, 3.8) is 0 Å². The predicted octanol–water partition coefficient (Wildman–Crippen LogP) is 4.36. The van der Waals surface area contributed by atoms with Crippen molar-refractivity contribution in [2.75, 3.05) is 7.11 Å². The van der Waals surface area contributed by atoms with Gasteiger partial charge in [0.2, 0.25) is 0 Å². The van der Waals surface area contributed by atoms with Gasteiger partial charge in [0.1, 0.15) is 23.1 Å². The van der Waals surface area contributed by atoms with E-state index in [0.29, 0.717) is 11.4 Å². The van der Waals surface area contributed by atoms with Gasteiger partial charge in [0.05, 0.1) is 12.8 Å². The van der Waals surface area contributed by atoms with Crippen LogP contribution >= 0.6 is 11.3 Å². The highest BCUT2D eigenvalue weighted by atomic mass is 32.1. The van der Waals surface area contributed by atoms with E-state index in [1.807, 2.05) is 66.9 Å². The molecule has 0 aliphatic carbocycles. The maximum atomic E-state index is 12.3. The number of aromatic nitrogens is 3. The Bertz CT molecular complexity index is 1070. The summed E-state index contributed by atoms with van der Waals surface area (Å²) < 4.78 is 12.3. The highest BCUT2D eigenvalue weighted by molar-refractivity contribution is 7.13. The molecular weight excluding hydrogens is 374 g/mol. The van der Waals surface area contributed by atoms with Crippen LogP contribution in [0.2, 0.25) is 0 Å². The van der Waals surface area contributed by atoms with Gasteiger partial charge in [-0.05, 0) is 42.5 Å². The van der Waals surface area contributed by atoms with E-state index in [1.54, 1.807) is 17.2 Å². The second-order valence-corrected chi connectivity index (χ2v) is 6.79. The van der Waals surface area contributed by atoms with Gasteiger partial charge in [-0.25, -0.2) is 14.5 Å². The first-order chi connectivity index (χ1) is 13.7. The zero-order valence-corrected chi connectivity index (χ0v) is 15.9. The lowest BCUT2D eigenvalue weighted by Crippen LogP contribution is -2.06. The maximum absolute atomic E-state index is 12.3. The van der Waals surface area contributed by atoms with Crippen LogP contribution in [0.1, 0.15) is 16.2 Å². The van der Waals surface area contributed by atoms with E-state index in [-0.39, 0.29) is 6.61 Å². The van der Waals surface area contributed by atoms with Crippen molar-refractivity contribution >= 4 is 17.3 Å². The Hall–Kier alpha value is -3.45. The molecule has 0 fully saturated rings. The van der Waals surface area contributed by atoms with E-state index in [1.165, 1.54) is 11.3 Å². The Morgan fingerprint density at radius 1 is 1.07 bits per heavy atom. The van der Waals surface area contributed by atoms with Gasteiger partial charge in [-0.15, -0.1) is 11.3 Å². The van der Waals surface area contributed by atoms with Gasteiger partial charge in [0.15, 0.2) is 5.69 Å². The third-order valence-corrected chi connectivity index (χ3v) is 4.96. The monoisotopic (exact) mass is 391 g/mol. The number of carbonyl (C=O) groups is 1. The third-order valence-electron chi connectivity index (χ3n) is 4.07. The molecule has 0 radical (unpaired) electrons. The summed E-state index contributed by atoms with van der Waals surface area (Å²) in [5.74, 6) is 0.306. The van der Waals surface area contributed by atoms with E-state index < -0.39 is 5.97 Å². The zero-order valence-electron chi connectivity index (χ0n) is 15.1. The number of ether oxygens (including phenoxy) is 2. The van der Waals surface area contributed by atoms with E-state index in [2.05, 4.69) is 10.1 Å². The van der Waals surface area contributed by atoms with Gasteiger partial charge >= 0.3 is 5.97 Å². The molecule has 2 aromatic heterocycles. The minimum atomic E-state index is -0.467. The Kier molecular flexibility index (Phi) is 5.16. The van der Waals surface area contributed by atoms with Crippen LogP contribution in [0.4, 0.5) is 0 Å². The van der Waals surface area contributed by atoms with Crippen LogP contribution in [0.25, 0.3) is 16.3 Å². The van der Waals surface area contributed by atoms with Gasteiger partial charge in [-0.3, -0.25) is 0 Å². The van der Waals surface area contributed by atoms with Gasteiger partial charge in [-0.2, -0.15) is 5.10 Å². The summed E-state index contributed by atoms with van der Waals surface area (Å²) in [5.41, 5.74) is 2.83. The summed E-state index contributed by atoms with van der Waals surface area (Å²) >= 11 is 1.39. The molecule has 140 valence electrons. The SMILES string of the molecule is COc1ccc(-c2nc(C(=O)OCc3ccn(-c4ccccc4)n3)cs2)cc1. The molecule has 2 heterocycles. The average Bonchev–Trinajstić information content (AvgIpc) is 3.43. The quantitative estimate of drug-likeness (QED) is 0.457. The molecule has 28 heavy (non-hydrogen) atoms. The highest BCUT2D eigenvalue weighted by Crippen LogP contribution is 2.26. The zero-order chi connectivity index (χ0) is 19.3. The van der Waals surface area contributed by atoms with Crippen LogP contribution < -0.4 is 4.74 Å². The molecule has 4 aromatic rings. The molecule has 0 bridgehead atoms. The number of hydrogen-bond acceptors (Lipinski definition) is 6. The number of hydrogen-bond donors (Lipinski definition) is 0. The van der Waals surface area contributed by atoms with E-state index in [0.717, 1.165) is 22.0 Å². The first-order valence-electron chi connectivity index (χ1n) is 8.60. The van der Waals surface area contributed by atoms with Gasteiger partial charge in [0, 0.05) is 17.1 Å². The number of nitrogens with zero attached hydrogens (tertiary/aromatic N) is 3. The van der Waals surface area contributed by atoms with Crippen LogP contribution in [0.3, 0.4) is 0 Å². The second-order valence-electron chi connectivity index (χ2n) is 5.93. The average molecular weight is 391 g/mol. The number of benzene rings is 2. The molecule has 2 aromatic carbocycles. The number of methoxy groups -OCH3 is 1. The largest absolute Gasteiger partial charge is 0.497 e. The van der Waals surface area contributed by atoms with Crippen LogP contribution in [0.5, 0.6) is 5.75 Å². The summed E-state index contributed by atoms with van der Waals surface area (Å²) in [6, 6.07) is 19.1. The number of esters is 1. The lowest BCUT2D eigenvalue weighted by atomic mass is 10.2. The van der Waals surface area contributed by atoms with Gasteiger partial charge in [-0.1, -0.05) is 18.2 Å². The topological polar surface area (TPSA) is 66.2 Å². The van der Waals surface area contributed by atoms with Gasteiger partial charge < -0.3 is 9.47 Å². The Morgan fingerprint density at radius 3 is 2.61 bits per heavy atom. The smallest absolute Gasteiger partial charge is 0.358 e. The minimum Gasteiger partial charge on any atom is -0.497 e. The maximum Gasteiger partial charge on any atom is 0.358 e. The van der Waals surface area contributed by atoms with Crippen LogP contribution in [-0.2, 0) is 11.3 Å². The molecule has 7 heteroatoms. The van der Waals surface area contributed by atoms with E-state index >= 15 is 0 Å².